The molecule has 0 spiro atoms. The van der Waals surface area contributed by atoms with Crippen molar-refractivity contribution in [2.45, 2.75) is 0 Å². The Morgan fingerprint density at radius 1 is 0.282 bits per heavy atom. The Morgan fingerprint density at radius 2 is 0.615 bits per heavy atom. The highest BCUT2D eigenvalue weighted by atomic mass is 15.1. The first kappa shape index (κ1) is 24.2. The monoisotopic (exact) mass is 499 g/mol. The highest BCUT2D eigenvalue weighted by Crippen LogP contribution is 2.36. The van der Waals surface area contributed by atoms with Crippen LogP contribution in [0.3, 0.4) is 0 Å². The fourth-order valence-electron chi connectivity index (χ4n) is 4.80. The number of benzene rings is 6. The van der Waals surface area contributed by atoms with E-state index in [1.165, 1.54) is 33.4 Å². The van der Waals surface area contributed by atoms with Crippen LogP contribution in [0.2, 0.25) is 0 Å². The molecule has 6 aromatic rings. The van der Waals surface area contributed by atoms with Crippen molar-refractivity contribution in [3.8, 4) is 22.3 Å². The van der Waals surface area contributed by atoms with Crippen LogP contribution in [0.5, 0.6) is 0 Å². The Hall–Kier alpha value is -5.14. The summed E-state index contributed by atoms with van der Waals surface area (Å²) in [7, 11) is 0. The second-order valence-corrected chi connectivity index (χ2v) is 9.50. The van der Waals surface area contributed by atoms with E-state index in [0.717, 1.165) is 17.1 Å². The summed E-state index contributed by atoms with van der Waals surface area (Å²) in [5.74, 6) is 0. The summed E-state index contributed by atoms with van der Waals surface area (Å²) < 4.78 is 0. The number of para-hydroxylation sites is 1. The normalized spacial score (nSPS) is 11.0. The molecule has 0 fully saturated rings. The van der Waals surface area contributed by atoms with E-state index in [9.17, 15) is 0 Å². The summed E-state index contributed by atoms with van der Waals surface area (Å²) in [5, 5.41) is 0. The molecule has 186 valence electrons. The van der Waals surface area contributed by atoms with E-state index in [1.54, 1.807) is 0 Å². The van der Waals surface area contributed by atoms with Gasteiger partial charge in [-0.1, -0.05) is 140 Å². The molecule has 6 rings (SSSR count). The Labute approximate surface area is 231 Å². The van der Waals surface area contributed by atoms with Gasteiger partial charge in [-0.3, -0.25) is 0 Å². The van der Waals surface area contributed by atoms with Gasteiger partial charge in [0.15, 0.2) is 0 Å². The molecule has 6 aromatic carbocycles. The summed E-state index contributed by atoms with van der Waals surface area (Å²) in [6, 6.07) is 57.8. The molecule has 0 saturated carbocycles. The lowest BCUT2D eigenvalue weighted by Crippen LogP contribution is -2.09. The maximum atomic E-state index is 2.30. The molecule has 0 atom stereocenters. The van der Waals surface area contributed by atoms with E-state index in [4.69, 9.17) is 0 Å². The molecule has 1 nitrogen and oxygen atoms in total. The highest BCUT2D eigenvalue weighted by molar-refractivity contribution is 5.80. The van der Waals surface area contributed by atoms with Gasteiger partial charge in [-0.15, -0.1) is 0 Å². The van der Waals surface area contributed by atoms with E-state index in [0.29, 0.717) is 0 Å². The zero-order valence-corrected chi connectivity index (χ0v) is 21.7. The zero-order valence-electron chi connectivity index (χ0n) is 21.7. The average Bonchev–Trinajstić information content (AvgIpc) is 3.03. The first-order valence-corrected chi connectivity index (χ1v) is 13.3. The minimum absolute atomic E-state index is 1.12. The molecule has 0 aliphatic rings. The molecular formula is C38H29N. The van der Waals surface area contributed by atoms with Gasteiger partial charge in [-0.25, -0.2) is 0 Å². The molecular weight excluding hydrogens is 470 g/mol. The van der Waals surface area contributed by atoms with Crippen LogP contribution in [0.4, 0.5) is 17.1 Å². The standard InChI is InChI=1S/C38H29N/c1-4-10-30(11-5-1)16-17-31-18-26-37(27-19-31)39(36-14-8-3-9-15-36)38-28-24-35(25-29-38)34-22-20-33(21-23-34)32-12-6-2-7-13-32/h1-29H/b17-16+. The van der Waals surface area contributed by atoms with Crippen molar-refractivity contribution in [1.29, 1.82) is 0 Å². The van der Waals surface area contributed by atoms with Gasteiger partial charge in [0.05, 0.1) is 0 Å². The maximum absolute atomic E-state index is 2.30. The van der Waals surface area contributed by atoms with Crippen molar-refractivity contribution in [2.24, 2.45) is 0 Å². The Balaban J connectivity index is 1.26. The number of hydrogen-bond donors (Lipinski definition) is 0. The summed E-state index contributed by atoms with van der Waals surface area (Å²) in [6.07, 6.45) is 4.30. The zero-order chi connectivity index (χ0) is 26.3. The van der Waals surface area contributed by atoms with Crippen LogP contribution in [0.25, 0.3) is 34.4 Å². The van der Waals surface area contributed by atoms with Crippen molar-refractivity contribution in [3.63, 3.8) is 0 Å². The van der Waals surface area contributed by atoms with Crippen molar-refractivity contribution in [2.75, 3.05) is 4.90 Å². The molecule has 39 heavy (non-hydrogen) atoms. The first-order chi connectivity index (χ1) is 19.3. The molecule has 0 saturated heterocycles. The van der Waals surface area contributed by atoms with Crippen LogP contribution in [-0.2, 0) is 0 Å². The maximum Gasteiger partial charge on any atom is 0.0462 e. The predicted octanol–water partition coefficient (Wildman–Crippen LogP) is 10.7. The SMILES string of the molecule is C(=C\c1ccc(N(c2ccccc2)c2ccc(-c3ccc(-c4ccccc4)cc3)cc2)cc1)/c1ccccc1. The molecule has 0 aromatic heterocycles. The van der Waals surface area contributed by atoms with Gasteiger partial charge in [0, 0.05) is 17.1 Å². The fraction of sp³-hybridized carbons (Fsp3) is 0. The van der Waals surface area contributed by atoms with Gasteiger partial charge in [-0.2, -0.15) is 0 Å². The molecule has 0 N–H and O–H groups in total. The minimum atomic E-state index is 1.12. The van der Waals surface area contributed by atoms with Gasteiger partial charge < -0.3 is 4.90 Å². The molecule has 0 bridgehead atoms. The Kier molecular flexibility index (Phi) is 7.14. The molecule has 0 aliphatic carbocycles. The van der Waals surface area contributed by atoms with E-state index >= 15 is 0 Å². The third-order valence-electron chi connectivity index (χ3n) is 6.88. The van der Waals surface area contributed by atoms with E-state index < -0.39 is 0 Å². The third-order valence-corrected chi connectivity index (χ3v) is 6.88. The van der Waals surface area contributed by atoms with Gasteiger partial charge in [0.25, 0.3) is 0 Å². The smallest absolute Gasteiger partial charge is 0.0462 e. The molecule has 0 heterocycles. The van der Waals surface area contributed by atoms with E-state index in [1.807, 2.05) is 6.07 Å². The molecule has 1 heteroatoms. The third kappa shape index (κ3) is 5.74. The van der Waals surface area contributed by atoms with Crippen LogP contribution in [0.15, 0.2) is 164 Å². The van der Waals surface area contributed by atoms with Crippen LogP contribution in [0, 0.1) is 0 Å². The quantitative estimate of drug-likeness (QED) is 0.197. The summed E-state index contributed by atoms with van der Waals surface area (Å²) in [4.78, 5) is 2.30. The summed E-state index contributed by atoms with van der Waals surface area (Å²) >= 11 is 0. The van der Waals surface area contributed by atoms with Crippen LogP contribution >= 0.6 is 0 Å². The molecule has 0 amide bonds. The minimum Gasteiger partial charge on any atom is -0.311 e. The van der Waals surface area contributed by atoms with Gasteiger partial charge in [-0.05, 0) is 69.8 Å². The van der Waals surface area contributed by atoms with E-state index in [-0.39, 0.29) is 0 Å². The molecule has 0 aliphatic heterocycles. The van der Waals surface area contributed by atoms with Crippen molar-refractivity contribution in [3.05, 3.63) is 175 Å². The fourth-order valence-corrected chi connectivity index (χ4v) is 4.80. The van der Waals surface area contributed by atoms with E-state index in [2.05, 4.69) is 175 Å². The Morgan fingerprint density at radius 3 is 1.13 bits per heavy atom. The molecule has 0 unspecified atom stereocenters. The van der Waals surface area contributed by atoms with Crippen LogP contribution < -0.4 is 4.90 Å². The second kappa shape index (κ2) is 11.5. The topological polar surface area (TPSA) is 3.24 Å². The van der Waals surface area contributed by atoms with Crippen molar-refractivity contribution >= 4 is 29.2 Å². The first-order valence-electron chi connectivity index (χ1n) is 13.3. The predicted molar refractivity (Wildman–Crippen MR) is 167 cm³/mol. The van der Waals surface area contributed by atoms with Crippen LogP contribution in [0.1, 0.15) is 11.1 Å². The lowest BCUT2D eigenvalue weighted by molar-refractivity contribution is 1.28. The Bertz CT molecular complexity index is 1630. The number of anilines is 3. The lowest BCUT2D eigenvalue weighted by Gasteiger charge is -2.25. The number of hydrogen-bond acceptors (Lipinski definition) is 1. The highest BCUT2D eigenvalue weighted by Gasteiger charge is 2.12. The average molecular weight is 500 g/mol. The van der Waals surface area contributed by atoms with Gasteiger partial charge in [0.2, 0.25) is 0 Å². The lowest BCUT2D eigenvalue weighted by atomic mass is 10.00. The van der Waals surface area contributed by atoms with Crippen molar-refractivity contribution in [1.82, 2.24) is 0 Å². The summed E-state index contributed by atoms with van der Waals surface area (Å²) in [5.41, 5.74) is 10.6. The van der Waals surface area contributed by atoms with Crippen LogP contribution in [-0.4, -0.2) is 0 Å². The van der Waals surface area contributed by atoms with Gasteiger partial charge >= 0.3 is 0 Å². The van der Waals surface area contributed by atoms with Gasteiger partial charge in [0.1, 0.15) is 0 Å². The van der Waals surface area contributed by atoms with Crippen molar-refractivity contribution < 1.29 is 0 Å². The summed E-state index contributed by atoms with van der Waals surface area (Å²) in [6.45, 7) is 0. The largest absolute Gasteiger partial charge is 0.311 e. The second-order valence-electron chi connectivity index (χ2n) is 9.50. The number of rotatable bonds is 7. The molecule has 0 radical (unpaired) electrons. The number of nitrogens with zero attached hydrogens (tertiary/aromatic N) is 1.